The number of carbonyl (C=O) groups is 1. The van der Waals surface area contributed by atoms with Crippen LogP contribution in [0.5, 0.6) is 0 Å². The van der Waals surface area contributed by atoms with E-state index in [-0.39, 0.29) is 0 Å². The highest BCUT2D eigenvalue weighted by Gasteiger charge is 2.29. The monoisotopic (exact) mass is 180 g/mol. The zero-order valence-electron chi connectivity index (χ0n) is 7.77. The lowest BCUT2D eigenvalue weighted by Crippen LogP contribution is -2.15. The van der Waals surface area contributed by atoms with Crippen molar-refractivity contribution in [3.05, 3.63) is 5.82 Å². The normalized spacial score (nSPS) is 15.8. The van der Waals surface area contributed by atoms with Crippen LogP contribution in [0.25, 0.3) is 0 Å². The molecule has 0 saturated heterocycles. The Bertz CT molecular complexity index is 327. The molecular weight excluding hydrogens is 168 g/mol. The van der Waals surface area contributed by atoms with Crippen LogP contribution in [0.3, 0.4) is 0 Å². The number of rotatable bonds is 3. The van der Waals surface area contributed by atoms with Crippen LogP contribution < -0.4 is 4.90 Å². The summed E-state index contributed by atoms with van der Waals surface area (Å²) in [6.07, 6.45) is 3.01. The number of anilines is 1. The van der Waals surface area contributed by atoms with Crippen molar-refractivity contribution in [2.75, 3.05) is 19.0 Å². The van der Waals surface area contributed by atoms with Gasteiger partial charge in [0.2, 0.25) is 5.95 Å². The van der Waals surface area contributed by atoms with Crippen molar-refractivity contribution in [3.63, 3.8) is 0 Å². The lowest BCUT2D eigenvalue weighted by molar-refractivity contribution is 0.111. The molecular formula is C8H12N4O. The molecule has 0 radical (unpaired) electrons. The number of hydrogen-bond acceptors (Lipinski definition) is 4. The van der Waals surface area contributed by atoms with Crippen molar-refractivity contribution in [2.24, 2.45) is 0 Å². The van der Waals surface area contributed by atoms with Gasteiger partial charge >= 0.3 is 0 Å². The molecule has 1 aromatic heterocycles. The Kier molecular flexibility index (Phi) is 1.79. The van der Waals surface area contributed by atoms with E-state index < -0.39 is 0 Å². The highest BCUT2D eigenvalue weighted by atomic mass is 16.1. The van der Waals surface area contributed by atoms with Crippen LogP contribution >= 0.6 is 0 Å². The molecule has 0 aromatic carbocycles. The smallest absolute Gasteiger partial charge is 0.227 e. The molecule has 0 unspecified atom stereocenters. The van der Waals surface area contributed by atoms with Crippen LogP contribution in [0.15, 0.2) is 0 Å². The van der Waals surface area contributed by atoms with Crippen LogP contribution in [0, 0.1) is 0 Å². The van der Waals surface area contributed by atoms with Gasteiger partial charge in [-0.3, -0.25) is 9.36 Å². The average Bonchev–Trinajstić information content (AvgIpc) is 2.84. The molecule has 1 fully saturated rings. The van der Waals surface area contributed by atoms with Gasteiger partial charge in [-0.1, -0.05) is 0 Å². The Morgan fingerprint density at radius 2 is 2.15 bits per heavy atom. The third-order valence-corrected chi connectivity index (χ3v) is 2.12. The predicted molar refractivity (Wildman–Crippen MR) is 48.0 cm³/mol. The van der Waals surface area contributed by atoms with E-state index in [9.17, 15) is 4.79 Å². The predicted octanol–water partition coefficient (Wildman–Crippen LogP) is 0.491. The Hall–Kier alpha value is -1.39. The molecule has 1 aromatic rings. The molecule has 5 nitrogen and oxygen atoms in total. The quantitative estimate of drug-likeness (QED) is 0.635. The van der Waals surface area contributed by atoms with E-state index >= 15 is 0 Å². The molecule has 2 rings (SSSR count). The van der Waals surface area contributed by atoms with Crippen LogP contribution in [-0.4, -0.2) is 35.1 Å². The minimum atomic E-state index is 0.436. The van der Waals surface area contributed by atoms with Crippen LogP contribution in [0.4, 0.5) is 5.95 Å². The summed E-state index contributed by atoms with van der Waals surface area (Å²) < 4.78 is 1.91. The van der Waals surface area contributed by atoms with Gasteiger partial charge in [0.1, 0.15) is 0 Å². The van der Waals surface area contributed by atoms with Crippen LogP contribution in [0.2, 0.25) is 0 Å². The topological polar surface area (TPSA) is 51.0 Å². The summed E-state index contributed by atoms with van der Waals surface area (Å²) in [5, 5.41) is 7.78. The molecule has 1 aliphatic rings. The van der Waals surface area contributed by atoms with Crippen molar-refractivity contribution in [3.8, 4) is 0 Å². The Labute approximate surface area is 76.4 Å². The van der Waals surface area contributed by atoms with Gasteiger partial charge < -0.3 is 4.90 Å². The summed E-state index contributed by atoms with van der Waals surface area (Å²) in [4.78, 5) is 12.5. The van der Waals surface area contributed by atoms with E-state index in [2.05, 4.69) is 10.2 Å². The van der Waals surface area contributed by atoms with Gasteiger partial charge in [-0.2, -0.15) is 0 Å². The largest absolute Gasteiger partial charge is 0.347 e. The van der Waals surface area contributed by atoms with Crippen molar-refractivity contribution < 1.29 is 4.79 Å². The molecule has 5 heteroatoms. The molecule has 1 saturated carbocycles. The molecule has 0 aliphatic heterocycles. The molecule has 0 amide bonds. The summed E-state index contributed by atoms with van der Waals surface area (Å²) in [7, 11) is 3.80. The van der Waals surface area contributed by atoms with Crippen molar-refractivity contribution in [2.45, 2.75) is 18.9 Å². The lowest BCUT2D eigenvalue weighted by Gasteiger charge is -2.12. The third kappa shape index (κ3) is 1.30. The molecule has 1 aliphatic carbocycles. The zero-order chi connectivity index (χ0) is 9.42. The highest BCUT2D eigenvalue weighted by Crippen LogP contribution is 2.37. The van der Waals surface area contributed by atoms with Gasteiger partial charge in [-0.05, 0) is 12.8 Å². The summed E-state index contributed by atoms with van der Waals surface area (Å²) in [5.41, 5.74) is 0. The zero-order valence-corrected chi connectivity index (χ0v) is 7.77. The fourth-order valence-corrected chi connectivity index (χ4v) is 1.36. The molecule has 13 heavy (non-hydrogen) atoms. The van der Waals surface area contributed by atoms with Gasteiger partial charge in [-0.25, -0.2) is 0 Å². The van der Waals surface area contributed by atoms with E-state index in [1.165, 1.54) is 0 Å². The first-order chi connectivity index (χ1) is 6.24. The van der Waals surface area contributed by atoms with E-state index in [0.29, 0.717) is 11.9 Å². The van der Waals surface area contributed by atoms with Gasteiger partial charge in [0.05, 0.1) is 0 Å². The maximum absolute atomic E-state index is 10.7. The maximum atomic E-state index is 10.7. The van der Waals surface area contributed by atoms with E-state index in [0.717, 1.165) is 25.1 Å². The number of nitrogens with zero attached hydrogens (tertiary/aromatic N) is 4. The van der Waals surface area contributed by atoms with Crippen LogP contribution in [-0.2, 0) is 0 Å². The van der Waals surface area contributed by atoms with E-state index in [1.807, 2.05) is 23.6 Å². The fraction of sp³-hybridized carbons (Fsp3) is 0.625. The number of hydrogen-bond donors (Lipinski definition) is 0. The highest BCUT2D eigenvalue weighted by molar-refractivity contribution is 5.70. The maximum Gasteiger partial charge on any atom is 0.227 e. The molecule has 1 heterocycles. The minimum absolute atomic E-state index is 0.436. The van der Waals surface area contributed by atoms with Crippen LogP contribution in [0.1, 0.15) is 29.5 Å². The lowest BCUT2D eigenvalue weighted by atomic mass is 10.5. The molecule has 0 bridgehead atoms. The number of aromatic nitrogens is 3. The van der Waals surface area contributed by atoms with Gasteiger partial charge in [0.25, 0.3) is 0 Å². The second-order valence-corrected chi connectivity index (χ2v) is 3.47. The van der Waals surface area contributed by atoms with E-state index in [1.54, 1.807) is 0 Å². The second-order valence-electron chi connectivity index (χ2n) is 3.47. The standard InChI is InChI=1S/C8H12N4O/c1-11(2)8-10-9-7(5-13)12(8)6-3-4-6/h5-6H,3-4H2,1-2H3. The first kappa shape index (κ1) is 8.22. The molecule has 0 N–H and O–H groups in total. The first-order valence-corrected chi connectivity index (χ1v) is 4.31. The summed E-state index contributed by atoms with van der Waals surface area (Å²) >= 11 is 0. The first-order valence-electron chi connectivity index (χ1n) is 4.31. The third-order valence-electron chi connectivity index (χ3n) is 2.12. The Balaban J connectivity index is 2.44. The summed E-state index contributed by atoms with van der Waals surface area (Å²) in [6, 6.07) is 0.438. The van der Waals surface area contributed by atoms with Gasteiger partial charge in [-0.15, -0.1) is 10.2 Å². The van der Waals surface area contributed by atoms with Gasteiger partial charge in [0, 0.05) is 20.1 Å². The van der Waals surface area contributed by atoms with Crippen molar-refractivity contribution in [1.82, 2.24) is 14.8 Å². The molecule has 0 atom stereocenters. The summed E-state index contributed by atoms with van der Waals surface area (Å²) in [5.74, 6) is 1.20. The average molecular weight is 180 g/mol. The SMILES string of the molecule is CN(C)c1nnc(C=O)n1C1CC1. The second kappa shape index (κ2) is 2.83. The number of aldehydes is 1. The molecule has 70 valence electrons. The molecule has 0 spiro atoms. The fourth-order valence-electron chi connectivity index (χ4n) is 1.36. The van der Waals surface area contributed by atoms with E-state index in [4.69, 9.17) is 0 Å². The minimum Gasteiger partial charge on any atom is -0.347 e. The number of carbonyl (C=O) groups excluding carboxylic acids is 1. The Morgan fingerprint density at radius 3 is 2.62 bits per heavy atom. The summed E-state index contributed by atoms with van der Waals surface area (Å²) in [6.45, 7) is 0. The Morgan fingerprint density at radius 1 is 1.46 bits per heavy atom. The van der Waals surface area contributed by atoms with Crippen molar-refractivity contribution >= 4 is 12.2 Å². The van der Waals surface area contributed by atoms with Gasteiger partial charge in [0.15, 0.2) is 12.1 Å². The van der Waals surface area contributed by atoms with Crippen molar-refractivity contribution in [1.29, 1.82) is 0 Å².